The molecule has 0 saturated carbocycles. The van der Waals surface area contributed by atoms with Crippen molar-refractivity contribution in [1.29, 1.82) is 0 Å². The first-order valence-electron chi connectivity index (χ1n) is 8.79. The number of carboxylic acid groups (broad SMARTS) is 1. The smallest absolute Gasteiger partial charge is 0.323 e. The normalized spacial score (nSPS) is 19.0. The predicted molar refractivity (Wildman–Crippen MR) is 96.9 cm³/mol. The molecular formula is C18H30N4O3. The van der Waals surface area contributed by atoms with Gasteiger partial charge in [-0.05, 0) is 33.6 Å². The first-order chi connectivity index (χ1) is 11.4. The lowest BCUT2D eigenvalue weighted by Gasteiger charge is -2.31. The Morgan fingerprint density at radius 3 is 2.40 bits per heavy atom. The van der Waals surface area contributed by atoms with Gasteiger partial charge in [0, 0.05) is 24.6 Å². The van der Waals surface area contributed by atoms with Crippen molar-refractivity contribution >= 4 is 17.8 Å². The number of amides is 2. The van der Waals surface area contributed by atoms with Crippen molar-refractivity contribution in [2.24, 2.45) is 5.92 Å². The van der Waals surface area contributed by atoms with Crippen molar-refractivity contribution in [3.63, 3.8) is 0 Å². The number of hydrogen-bond acceptors (Lipinski definition) is 3. The summed E-state index contributed by atoms with van der Waals surface area (Å²) in [6.45, 7) is 13.2. The van der Waals surface area contributed by atoms with E-state index in [-0.39, 0.29) is 23.5 Å². The highest BCUT2D eigenvalue weighted by Crippen LogP contribution is 2.28. The number of likely N-dealkylation sites (tertiary alicyclic amines) is 1. The third-order valence-electron chi connectivity index (χ3n) is 4.41. The molecule has 1 aliphatic heterocycles. The van der Waals surface area contributed by atoms with Gasteiger partial charge in [0.25, 0.3) is 0 Å². The number of anilines is 1. The maximum Gasteiger partial charge on any atom is 0.323 e. The van der Waals surface area contributed by atoms with Crippen LogP contribution in [0, 0.1) is 5.92 Å². The molecule has 0 radical (unpaired) electrons. The summed E-state index contributed by atoms with van der Waals surface area (Å²) >= 11 is 0. The quantitative estimate of drug-likeness (QED) is 0.857. The molecule has 0 aromatic carbocycles. The van der Waals surface area contributed by atoms with Gasteiger partial charge in [0.1, 0.15) is 5.82 Å². The van der Waals surface area contributed by atoms with Crippen LogP contribution in [0.3, 0.4) is 0 Å². The molecule has 1 aliphatic rings. The maximum atomic E-state index is 12.7. The highest BCUT2D eigenvalue weighted by Gasteiger charge is 2.30. The topological polar surface area (TPSA) is 87.5 Å². The minimum atomic E-state index is -0.841. The molecule has 7 nitrogen and oxygen atoms in total. The van der Waals surface area contributed by atoms with E-state index in [9.17, 15) is 14.7 Å². The summed E-state index contributed by atoms with van der Waals surface area (Å²) in [4.78, 5) is 25.4. The molecule has 2 N–H and O–H groups in total. The van der Waals surface area contributed by atoms with Crippen LogP contribution in [-0.2, 0) is 15.7 Å². The van der Waals surface area contributed by atoms with Crippen molar-refractivity contribution < 1.29 is 14.7 Å². The van der Waals surface area contributed by atoms with Gasteiger partial charge in [-0.25, -0.2) is 9.48 Å². The van der Waals surface area contributed by atoms with Crippen molar-refractivity contribution in [2.75, 3.05) is 18.4 Å². The van der Waals surface area contributed by atoms with Gasteiger partial charge in [-0.15, -0.1) is 0 Å². The predicted octanol–water partition coefficient (Wildman–Crippen LogP) is 3.26. The minimum Gasteiger partial charge on any atom is -0.481 e. The first-order valence-corrected chi connectivity index (χ1v) is 8.79. The molecular weight excluding hydrogens is 320 g/mol. The molecule has 25 heavy (non-hydrogen) atoms. The zero-order valence-corrected chi connectivity index (χ0v) is 16.1. The largest absolute Gasteiger partial charge is 0.481 e. The molecule has 140 valence electrons. The second kappa shape index (κ2) is 6.69. The second-order valence-electron chi connectivity index (χ2n) is 8.80. The lowest BCUT2D eigenvalue weighted by molar-refractivity contribution is -0.143. The summed E-state index contributed by atoms with van der Waals surface area (Å²) in [6, 6.07) is 1.64. The van der Waals surface area contributed by atoms with E-state index in [0.717, 1.165) is 5.69 Å². The Labute approximate surface area is 149 Å². The van der Waals surface area contributed by atoms with E-state index in [1.807, 2.05) is 31.5 Å². The van der Waals surface area contributed by atoms with Crippen LogP contribution in [0.1, 0.15) is 60.1 Å². The third-order valence-corrected chi connectivity index (χ3v) is 4.41. The highest BCUT2D eigenvalue weighted by molar-refractivity contribution is 5.89. The molecule has 1 saturated heterocycles. The maximum absolute atomic E-state index is 12.7. The number of rotatable bonds is 2. The Kier molecular flexibility index (Phi) is 5.16. The number of urea groups is 1. The van der Waals surface area contributed by atoms with Crippen molar-refractivity contribution in [2.45, 2.75) is 65.3 Å². The van der Waals surface area contributed by atoms with Crippen molar-refractivity contribution in [3.8, 4) is 0 Å². The second-order valence-corrected chi connectivity index (χ2v) is 8.80. The van der Waals surface area contributed by atoms with E-state index in [1.165, 1.54) is 0 Å². The molecule has 1 fully saturated rings. The van der Waals surface area contributed by atoms with Crippen LogP contribution in [0.25, 0.3) is 0 Å². The molecule has 1 unspecified atom stereocenters. The Balaban J connectivity index is 2.22. The molecule has 1 atom stereocenters. The number of aromatic nitrogens is 2. The number of hydrogen-bond donors (Lipinski definition) is 2. The molecule has 1 aromatic heterocycles. The van der Waals surface area contributed by atoms with Gasteiger partial charge in [0.15, 0.2) is 0 Å². The molecule has 0 spiro atoms. The number of aliphatic carboxylic acids is 1. The SMILES string of the molecule is CC(C)(C)c1cc(NC(=O)N2CCCC(C(=O)O)C2)n(C(C)(C)C)n1. The zero-order valence-electron chi connectivity index (χ0n) is 16.1. The summed E-state index contributed by atoms with van der Waals surface area (Å²) in [6.07, 6.45) is 1.32. The van der Waals surface area contributed by atoms with E-state index in [0.29, 0.717) is 25.2 Å². The molecule has 0 aliphatic carbocycles. The van der Waals surface area contributed by atoms with E-state index < -0.39 is 11.9 Å². The van der Waals surface area contributed by atoms with Crippen LogP contribution in [-0.4, -0.2) is 44.9 Å². The van der Waals surface area contributed by atoms with Gasteiger partial charge in [-0.1, -0.05) is 20.8 Å². The minimum absolute atomic E-state index is 0.129. The summed E-state index contributed by atoms with van der Waals surface area (Å²) in [5.41, 5.74) is 0.493. The number of nitrogens with one attached hydrogen (secondary N) is 1. The van der Waals surface area contributed by atoms with Gasteiger partial charge in [0.05, 0.1) is 17.2 Å². The molecule has 2 rings (SSSR count). The monoisotopic (exact) mass is 350 g/mol. The Morgan fingerprint density at radius 1 is 1.24 bits per heavy atom. The van der Waals surface area contributed by atoms with Crippen LogP contribution in [0.15, 0.2) is 6.07 Å². The van der Waals surface area contributed by atoms with Crippen LogP contribution in [0.4, 0.5) is 10.6 Å². The van der Waals surface area contributed by atoms with E-state index >= 15 is 0 Å². The molecule has 7 heteroatoms. The number of piperidine rings is 1. The van der Waals surface area contributed by atoms with Gasteiger partial charge < -0.3 is 10.0 Å². The lowest BCUT2D eigenvalue weighted by atomic mass is 9.92. The summed E-state index contributed by atoms with van der Waals surface area (Å²) < 4.78 is 1.82. The molecule has 2 heterocycles. The Morgan fingerprint density at radius 2 is 1.88 bits per heavy atom. The van der Waals surface area contributed by atoms with Gasteiger partial charge in [-0.2, -0.15) is 5.10 Å². The fourth-order valence-electron chi connectivity index (χ4n) is 2.90. The van der Waals surface area contributed by atoms with Crippen molar-refractivity contribution in [1.82, 2.24) is 14.7 Å². The molecule has 2 amide bonds. The molecule has 1 aromatic rings. The van der Waals surface area contributed by atoms with Gasteiger partial charge >= 0.3 is 12.0 Å². The highest BCUT2D eigenvalue weighted by atomic mass is 16.4. The summed E-state index contributed by atoms with van der Waals surface area (Å²) in [7, 11) is 0. The van der Waals surface area contributed by atoms with Crippen LogP contribution >= 0.6 is 0 Å². The Hall–Kier alpha value is -2.05. The molecule has 0 bridgehead atoms. The average molecular weight is 350 g/mol. The number of carbonyl (C=O) groups excluding carboxylic acids is 1. The first kappa shape index (κ1) is 19.3. The number of carbonyl (C=O) groups is 2. The van der Waals surface area contributed by atoms with Gasteiger partial charge in [-0.3, -0.25) is 10.1 Å². The number of carboxylic acids is 1. The van der Waals surface area contributed by atoms with Gasteiger partial charge in [0.2, 0.25) is 0 Å². The Bertz CT molecular complexity index is 652. The average Bonchev–Trinajstić information content (AvgIpc) is 2.91. The van der Waals surface area contributed by atoms with Crippen LogP contribution in [0.2, 0.25) is 0 Å². The third kappa shape index (κ3) is 4.52. The summed E-state index contributed by atoms with van der Waals surface area (Å²) in [5.74, 6) is -0.690. The standard InChI is InChI=1S/C18H30N4O3/c1-17(2,3)13-10-14(22(20-13)18(4,5)6)19-16(25)21-9-7-8-12(11-21)15(23)24/h10,12H,7-9,11H2,1-6H3,(H,19,25)(H,23,24). The summed E-state index contributed by atoms with van der Waals surface area (Å²) in [5, 5.41) is 16.8. The van der Waals surface area contributed by atoms with Crippen LogP contribution < -0.4 is 5.32 Å². The van der Waals surface area contributed by atoms with Crippen molar-refractivity contribution in [3.05, 3.63) is 11.8 Å². The van der Waals surface area contributed by atoms with E-state index in [4.69, 9.17) is 0 Å². The number of nitrogens with zero attached hydrogens (tertiary/aromatic N) is 3. The lowest BCUT2D eigenvalue weighted by Crippen LogP contribution is -2.44. The van der Waals surface area contributed by atoms with E-state index in [1.54, 1.807) is 4.90 Å². The zero-order chi connectivity index (χ0) is 19.0. The van der Waals surface area contributed by atoms with Crippen LogP contribution in [0.5, 0.6) is 0 Å². The fourth-order valence-corrected chi connectivity index (χ4v) is 2.90. The van der Waals surface area contributed by atoms with E-state index in [2.05, 4.69) is 31.2 Å². The fraction of sp³-hybridized carbons (Fsp3) is 0.722.